The molecule has 34 heavy (non-hydrogen) atoms. The Bertz CT molecular complexity index is 474. The van der Waals surface area contributed by atoms with E-state index in [1.807, 2.05) is 13.0 Å². The van der Waals surface area contributed by atoms with E-state index in [0.717, 1.165) is 19.3 Å². The van der Waals surface area contributed by atoms with Crippen molar-refractivity contribution in [1.82, 2.24) is 0 Å². The van der Waals surface area contributed by atoms with Crippen LogP contribution in [-0.4, -0.2) is 23.7 Å². The molecule has 0 aromatic heterocycles. The lowest BCUT2D eigenvalue weighted by atomic mass is 9.97. The van der Waals surface area contributed by atoms with Crippen molar-refractivity contribution in [2.24, 2.45) is 5.92 Å². The van der Waals surface area contributed by atoms with E-state index in [1.54, 1.807) is 0 Å². The molecule has 200 valence electrons. The SMILES string of the molecule is C=CCCCCCCCCCCCCCCCCCCCCCC(CC(=O)O)C(=O)OCCC. The predicted molar refractivity (Wildman–Crippen MR) is 144 cm³/mol. The Morgan fingerprint density at radius 2 is 1.09 bits per heavy atom. The molecule has 0 aromatic rings. The number of carbonyl (C=O) groups excluding carboxylic acids is 1. The number of carboxylic acids is 1. The third-order valence-corrected chi connectivity index (χ3v) is 6.66. The largest absolute Gasteiger partial charge is 0.481 e. The highest BCUT2D eigenvalue weighted by atomic mass is 16.5. The van der Waals surface area contributed by atoms with Gasteiger partial charge in [-0.3, -0.25) is 9.59 Å². The topological polar surface area (TPSA) is 63.6 Å². The molecule has 0 aliphatic heterocycles. The van der Waals surface area contributed by atoms with E-state index >= 15 is 0 Å². The maximum atomic E-state index is 12.0. The molecule has 4 nitrogen and oxygen atoms in total. The molecule has 0 heterocycles. The van der Waals surface area contributed by atoms with Gasteiger partial charge in [0.25, 0.3) is 0 Å². The first-order chi connectivity index (χ1) is 16.6. The van der Waals surface area contributed by atoms with Gasteiger partial charge in [0, 0.05) is 0 Å². The lowest BCUT2D eigenvalue weighted by Gasteiger charge is -2.13. The molecule has 0 amide bonds. The van der Waals surface area contributed by atoms with Gasteiger partial charge in [0.05, 0.1) is 18.9 Å². The van der Waals surface area contributed by atoms with Crippen LogP contribution in [-0.2, 0) is 14.3 Å². The number of hydrogen-bond donors (Lipinski definition) is 1. The Morgan fingerprint density at radius 3 is 1.44 bits per heavy atom. The number of aliphatic carboxylic acids is 1. The monoisotopic (exact) mass is 480 g/mol. The Morgan fingerprint density at radius 1 is 0.706 bits per heavy atom. The minimum Gasteiger partial charge on any atom is -0.481 e. The minimum absolute atomic E-state index is 0.112. The summed E-state index contributed by atoms with van der Waals surface area (Å²) in [6.45, 7) is 6.10. The van der Waals surface area contributed by atoms with Crippen LogP contribution in [0.5, 0.6) is 0 Å². The van der Waals surface area contributed by atoms with Gasteiger partial charge in [-0.25, -0.2) is 0 Å². The van der Waals surface area contributed by atoms with Gasteiger partial charge in [0.2, 0.25) is 0 Å². The first-order valence-electron chi connectivity index (χ1n) is 14.6. The highest BCUT2D eigenvalue weighted by Gasteiger charge is 2.22. The normalized spacial score (nSPS) is 11.9. The number of rotatable bonds is 27. The lowest BCUT2D eigenvalue weighted by Crippen LogP contribution is -2.21. The quantitative estimate of drug-likeness (QED) is 0.0722. The van der Waals surface area contributed by atoms with Gasteiger partial charge in [-0.1, -0.05) is 129 Å². The molecule has 0 aromatic carbocycles. The zero-order valence-corrected chi connectivity index (χ0v) is 22.5. The first-order valence-corrected chi connectivity index (χ1v) is 14.6. The molecule has 0 aliphatic carbocycles. The summed E-state index contributed by atoms with van der Waals surface area (Å²) in [4.78, 5) is 23.0. The molecule has 0 rings (SSSR count). The van der Waals surface area contributed by atoms with Crippen molar-refractivity contribution in [3.8, 4) is 0 Å². The van der Waals surface area contributed by atoms with Crippen LogP contribution in [0.3, 0.4) is 0 Å². The molecule has 1 unspecified atom stereocenters. The average Bonchev–Trinajstić information content (AvgIpc) is 2.82. The molecular formula is C30H56O4. The molecule has 0 bridgehead atoms. The first kappa shape index (κ1) is 32.7. The summed E-state index contributed by atoms with van der Waals surface area (Å²) in [6.07, 6.45) is 29.7. The molecule has 4 heteroatoms. The molecule has 0 spiro atoms. The molecule has 0 saturated heterocycles. The Kier molecular flexibility index (Phi) is 25.3. The minimum atomic E-state index is -0.917. The van der Waals surface area contributed by atoms with Crippen molar-refractivity contribution in [2.75, 3.05) is 6.61 Å². The molecule has 0 radical (unpaired) electrons. The van der Waals surface area contributed by atoms with E-state index in [2.05, 4.69) is 6.58 Å². The number of ether oxygens (including phenoxy) is 1. The van der Waals surface area contributed by atoms with Crippen molar-refractivity contribution in [1.29, 1.82) is 0 Å². The van der Waals surface area contributed by atoms with Crippen LogP contribution in [0.25, 0.3) is 0 Å². The van der Waals surface area contributed by atoms with E-state index in [9.17, 15) is 9.59 Å². The van der Waals surface area contributed by atoms with Crippen molar-refractivity contribution in [3.05, 3.63) is 12.7 Å². The Labute approximate surface area is 211 Å². The summed E-state index contributed by atoms with van der Waals surface area (Å²) in [5.74, 6) is -1.74. The molecule has 1 N–H and O–H groups in total. The van der Waals surface area contributed by atoms with Gasteiger partial charge in [0.15, 0.2) is 0 Å². The van der Waals surface area contributed by atoms with Crippen LogP contribution in [0, 0.1) is 5.92 Å². The second-order valence-corrected chi connectivity index (χ2v) is 10.0. The summed E-state index contributed by atoms with van der Waals surface area (Å²) in [7, 11) is 0. The molecular weight excluding hydrogens is 424 g/mol. The Balaban J connectivity index is 3.37. The standard InChI is InChI=1S/C30H56O4/c1-3-5-6-7-8-9-10-11-12-13-14-15-16-17-18-19-20-21-22-23-24-25-28(27-29(31)32)30(33)34-26-4-2/h3,28H,1,4-27H2,2H3,(H,31,32). The van der Waals surface area contributed by atoms with Gasteiger partial charge in [-0.15, -0.1) is 6.58 Å². The zero-order valence-electron chi connectivity index (χ0n) is 22.5. The Hall–Kier alpha value is -1.32. The molecule has 0 aliphatic rings. The fourth-order valence-corrected chi connectivity index (χ4v) is 4.52. The van der Waals surface area contributed by atoms with Gasteiger partial charge < -0.3 is 9.84 Å². The van der Waals surface area contributed by atoms with E-state index in [4.69, 9.17) is 9.84 Å². The van der Waals surface area contributed by atoms with Crippen LogP contribution in [0.1, 0.15) is 155 Å². The lowest BCUT2D eigenvalue weighted by molar-refractivity contribution is -0.153. The average molecular weight is 481 g/mol. The van der Waals surface area contributed by atoms with Gasteiger partial charge in [-0.2, -0.15) is 0 Å². The van der Waals surface area contributed by atoms with Crippen molar-refractivity contribution >= 4 is 11.9 Å². The van der Waals surface area contributed by atoms with Crippen LogP contribution in [0.4, 0.5) is 0 Å². The molecule has 0 saturated carbocycles. The second kappa shape index (κ2) is 26.3. The van der Waals surface area contributed by atoms with Gasteiger partial charge in [0.1, 0.15) is 0 Å². The van der Waals surface area contributed by atoms with Crippen LogP contribution in [0.15, 0.2) is 12.7 Å². The summed E-state index contributed by atoms with van der Waals surface area (Å²) < 4.78 is 5.15. The van der Waals surface area contributed by atoms with E-state index in [0.29, 0.717) is 13.0 Å². The summed E-state index contributed by atoms with van der Waals surface area (Å²) in [5, 5.41) is 9.02. The van der Waals surface area contributed by atoms with E-state index in [-0.39, 0.29) is 12.4 Å². The van der Waals surface area contributed by atoms with Crippen molar-refractivity contribution in [2.45, 2.75) is 155 Å². The van der Waals surface area contributed by atoms with Crippen molar-refractivity contribution in [3.63, 3.8) is 0 Å². The van der Waals surface area contributed by atoms with Crippen LogP contribution >= 0.6 is 0 Å². The van der Waals surface area contributed by atoms with Gasteiger partial charge >= 0.3 is 11.9 Å². The fraction of sp³-hybridized carbons (Fsp3) is 0.867. The number of carboxylic acid groups (broad SMARTS) is 1. The maximum absolute atomic E-state index is 12.0. The van der Waals surface area contributed by atoms with Gasteiger partial charge in [-0.05, 0) is 25.7 Å². The summed E-state index contributed by atoms with van der Waals surface area (Å²) >= 11 is 0. The highest BCUT2D eigenvalue weighted by molar-refractivity contribution is 5.79. The maximum Gasteiger partial charge on any atom is 0.309 e. The smallest absolute Gasteiger partial charge is 0.309 e. The molecule has 0 fully saturated rings. The number of unbranched alkanes of at least 4 members (excludes halogenated alkanes) is 19. The zero-order chi connectivity index (χ0) is 25.1. The summed E-state index contributed by atoms with van der Waals surface area (Å²) in [5.41, 5.74) is 0. The van der Waals surface area contributed by atoms with E-state index < -0.39 is 11.9 Å². The predicted octanol–water partition coefficient (Wildman–Crippen LogP) is 9.41. The third-order valence-electron chi connectivity index (χ3n) is 6.66. The molecule has 1 atom stereocenters. The number of hydrogen-bond acceptors (Lipinski definition) is 3. The fourth-order valence-electron chi connectivity index (χ4n) is 4.52. The van der Waals surface area contributed by atoms with Crippen LogP contribution < -0.4 is 0 Å². The number of allylic oxidation sites excluding steroid dienone is 1. The van der Waals surface area contributed by atoms with Crippen molar-refractivity contribution < 1.29 is 19.4 Å². The highest BCUT2D eigenvalue weighted by Crippen LogP contribution is 2.18. The number of carbonyl (C=O) groups is 2. The number of esters is 1. The second-order valence-electron chi connectivity index (χ2n) is 10.0. The van der Waals surface area contributed by atoms with Crippen LogP contribution in [0.2, 0.25) is 0 Å². The third kappa shape index (κ3) is 23.8. The van der Waals surface area contributed by atoms with E-state index in [1.165, 1.54) is 116 Å². The summed E-state index contributed by atoms with van der Waals surface area (Å²) in [6, 6.07) is 0.